The minimum Gasteiger partial charge on any atom is -0.370 e. The molecule has 23 heavy (non-hydrogen) atoms. The van der Waals surface area contributed by atoms with Crippen LogP contribution in [0.5, 0.6) is 0 Å². The average Bonchev–Trinajstić information content (AvgIpc) is 2.85. The van der Waals surface area contributed by atoms with Gasteiger partial charge in [0.15, 0.2) is 5.96 Å². The second kappa shape index (κ2) is 9.54. The van der Waals surface area contributed by atoms with Gasteiger partial charge >= 0.3 is 0 Å². The summed E-state index contributed by atoms with van der Waals surface area (Å²) in [4.78, 5) is 4.33. The molecule has 1 aromatic carbocycles. The molecule has 126 valence electrons. The Labute approximate surface area is 155 Å². The molecule has 3 N–H and O–H groups in total. The van der Waals surface area contributed by atoms with E-state index >= 15 is 0 Å². The minimum atomic E-state index is 0. The summed E-state index contributed by atoms with van der Waals surface area (Å²) in [6, 6.07) is 10.5. The Morgan fingerprint density at radius 1 is 1.30 bits per heavy atom. The molecule has 0 aliphatic heterocycles. The number of aromatic nitrogens is 2. The summed E-state index contributed by atoms with van der Waals surface area (Å²) in [6.45, 7) is 6.86. The predicted octanol–water partition coefficient (Wildman–Crippen LogP) is 3.04. The highest BCUT2D eigenvalue weighted by Gasteiger charge is 2.06. The molecule has 0 spiro atoms. The number of nitrogens with zero attached hydrogens (tertiary/aromatic N) is 3. The summed E-state index contributed by atoms with van der Waals surface area (Å²) in [5.74, 6) is 0.520. The van der Waals surface area contributed by atoms with E-state index in [2.05, 4.69) is 33.7 Å². The van der Waals surface area contributed by atoms with E-state index < -0.39 is 0 Å². The Morgan fingerprint density at radius 3 is 2.65 bits per heavy atom. The first-order valence-electron chi connectivity index (χ1n) is 7.73. The Balaban J connectivity index is 0.00000264. The first-order chi connectivity index (χ1) is 10.6. The van der Waals surface area contributed by atoms with Crippen molar-refractivity contribution in [3.8, 4) is 5.69 Å². The fraction of sp³-hybridized carbons (Fsp3) is 0.412. The largest absolute Gasteiger partial charge is 0.370 e. The molecule has 6 heteroatoms. The fourth-order valence-corrected chi connectivity index (χ4v) is 2.26. The van der Waals surface area contributed by atoms with E-state index in [0.717, 1.165) is 30.8 Å². The van der Waals surface area contributed by atoms with Gasteiger partial charge in [0.2, 0.25) is 0 Å². The van der Waals surface area contributed by atoms with Gasteiger partial charge in [-0.25, -0.2) is 4.68 Å². The third-order valence-corrected chi connectivity index (χ3v) is 3.34. The second-order valence-electron chi connectivity index (χ2n) is 5.69. The van der Waals surface area contributed by atoms with Crippen LogP contribution in [0, 0.1) is 6.92 Å². The Hall–Kier alpha value is -1.57. The molecule has 5 nitrogen and oxygen atoms in total. The molecule has 0 saturated carbocycles. The highest BCUT2D eigenvalue weighted by Crippen LogP contribution is 2.13. The number of aryl methyl sites for hydroxylation is 2. The molecular weight excluding hydrogens is 401 g/mol. The third kappa shape index (κ3) is 6.21. The summed E-state index contributed by atoms with van der Waals surface area (Å²) in [7, 11) is 0. The molecule has 0 atom stereocenters. The molecule has 0 amide bonds. The first-order valence-corrected chi connectivity index (χ1v) is 7.73. The standard InChI is InChI=1S/C17H25N5.HI/c1-13(2)20-17(18)19-11-7-8-15-12-22(21-14(15)3)16-9-5-4-6-10-16;/h4-6,9-10,12-13H,7-8,11H2,1-3H3,(H3,18,19,20);1H. The van der Waals surface area contributed by atoms with Crippen LogP contribution in [-0.4, -0.2) is 28.3 Å². The molecule has 1 heterocycles. The number of hydrogen-bond acceptors (Lipinski definition) is 2. The molecular formula is C17H26IN5. The monoisotopic (exact) mass is 427 g/mol. The lowest BCUT2D eigenvalue weighted by molar-refractivity contribution is 0.719. The van der Waals surface area contributed by atoms with Crippen molar-refractivity contribution in [3.05, 3.63) is 47.8 Å². The van der Waals surface area contributed by atoms with E-state index in [-0.39, 0.29) is 24.0 Å². The van der Waals surface area contributed by atoms with E-state index in [1.165, 1.54) is 5.56 Å². The van der Waals surface area contributed by atoms with Crippen LogP contribution in [0.2, 0.25) is 0 Å². The van der Waals surface area contributed by atoms with Crippen molar-refractivity contribution in [2.24, 2.45) is 10.7 Å². The van der Waals surface area contributed by atoms with Gasteiger partial charge in [-0.2, -0.15) is 5.10 Å². The smallest absolute Gasteiger partial charge is 0.188 e. The van der Waals surface area contributed by atoms with Gasteiger partial charge in [0.05, 0.1) is 11.4 Å². The number of benzene rings is 1. The quantitative estimate of drug-likeness (QED) is 0.322. The van der Waals surface area contributed by atoms with Gasteiger partial charge in [-0.05, 0) is 51.3 Å². The summed E-state index contributed by atoms with van der Waals surface area (Å²) in [6.07, 6.45) is 4.02. The van der Waals surface area contributed by atoms with Gasteiger partial charge in [-0.15, -0.1) is 24.0 Å². The third-order valence-electron chi connectivity index (χ3n) is 3.34. The van der Waals surface area contributed by atoms with Gasteiger partial charge in [-0.3, -0.25) is 4.99 Å². The summed E-state index contributed by atoms with van der Waals surface area (Å²) in [5, 5.41) is 7.67. The van der Waals surface area contributed by atoms with E-state index in [0.29, 0.717) is 12.0 Å². The molecule has 0 bridgehead atoms. The number of nitrogens with one attached hydrogen (secondary N) is 1. The lowest BCUT2D eigenvalue weighted by Gasteiger charge is -2.08. The number of rotatable bonds is 6. The molecule has 0 aliphatic carbocycles. The molecule has 2 aromatic rings. The average molecular weight is 427 g/mol. The van der Waals surface area contributed by atoms with E-state index in [9.17, 15) is 0 Å². The SMILES string of the molecule is Cc1nn(-c2ccccc2)cc1CCCN=C(N)NC(C)C.I. The maximum absolute atomic E-state index is 5.79. The van der Waals surface area contributed by atoms with Crippen molar-refractivity contribution in [2.45, 2.75) is 39.7 Å². The zero-order chi connectivity index (χ0) is 15.9. The van der Waals surface area contributed by atoms with Crippen molar-refractivity contribution in [1.82, 2.24) is 15.1 Å². The van der Waals surface area contributed by atoms with E-state index in [1.54, 1.807) is 0 Å². The Kier molecular flexibility index (Phi) is 8.08. The van der Waals surface area contributed by atoms with E-state index in [4.69, 9.17) is 5.73 Å². The van der Waals surface area contributed by atoms with Crippen LogP contribution in [0.1, 0.15) is 31.5 Å². The van der Waals surface area contributed by atoms with Crippen molar-refractivity contribution >= 4 is 29.9 Å². The van der Waals surface area contributed by atoms with Crippen LogP contribution in [0.15, 0.2) is 41.5 Å². The lowest BCUT2D eigenvalue weighted by Crippen LogP contribution is -2.36. The van der Waals surface area contributed by atoms with Gasteiger partial charge in [0.1, 0.15) is 0 Å². The predicted molar refractivity (Wildman–Crippen MR) is 107 cm³/mol. The minimum absolute atomic E-state index is 0. The summed E-state index contributed by atoms with van der Waals surface area (Å²) >= 11 is 0. The molecule has 0 radical (unpaired) electrons. The first kappa shape index (κ1) is 19.5. The molecule has 1 aromatic heterocycles. The number of halogens is 1. The molecule has 0 fully saturated rings. The highest BCUT2D eigenvalue weighted by molar-refractivity contribution is 14.0. The molecule has 2 rings (SSSR count). The van der Waals surface area contributed by atoms with Crippen LogP contribution in [0.3, 0.4) is 0 Å². The number of aliphatic imine (C=N–C) groups is 1. The zero-order valence-electron chi connectivity index (χ0n) is 14.0. The molecule has 0 saturated heterocycles. The summed E-state index contributed by atoms with van der Waals surface area (Å²) < 4.78 is 1.93. The molecule has 0 aliphatic rings. The Bertz CT molecular complexity index is 619. The van der Waals surface area contributed by atoms with Gasteiger partial charge in [0, 0.05) is 18.8 Å². The van der Waals surface area contributed by atoms with E-state index in [1.807, 2.05) is 43.7 Å². The van der Waals surface area contributed by atoms with Crippen LogP contribution in [0.4, 0.5) is 0 Å². The second-order valence-corrected chi connectivity index (χ2v) is 5.69. The number of para-hydroxylation sites is 1. The van der Waals surface area contributed by atoms with Crippen LogP contribution < -0.4 is 11.1 Å². The maximum Gasteiger partial charge on any atom is 0.188 e. The zero-order valence-corrected chi connectivity index (χ0v) is 16.3. The van der Waals surface area contributed by atoms with Gasteiger partial charge < -0.3 is 11.1 Å². The number of guanidine groups is 1. The normalized spacial score (nSPS) is 11.4. The lowest BCUT2D eigenvalue weighted by atomic mass is 10.1. The van der Waals surface area contributed by atoms with Crippen molar-refractivity contribution in [1.29, 1.82) is 0 Å². The van der Waals surface area contributed by atoms with Crippen LogP contribution >= 0.6 is 24.0 Å². The number of nitrogens with two attached hydrogens (primary N) is 1. The van der Waals surface area contributed by atoms with Crippen molar-refractivity contribution in [2.75, 3.05) is 6.54 Å². The van der Waals surface area contributed by atoms with Crippen LogP contribution in [0.25, 0.3) is 5.69 Å². The summed E-state index contributed by atoms with van der Waals surface area (Å²) in [5.41, 5.74) is 9.20. The van der Waals surface area contributed by atoms with Crippen molar-refractivity contribution < 1.29 is 0 Å². The Morgan fingerprint density at radius 2 is 2.00 bits per heavy atom. The highest BCUT2D eigenvalue weighted by atomic mass is 127. The van der Waals surface area contributed by atoms with Crippen LogP contribution in [-0.2, 0) is 6.42 Å². The maximum atomic E-state index is 5.79. The van der Waals surface area contributed by atoms with Gasteiger partial charge in [0.25, 0.3) is 0 Å². The number of hydrogen-bond donors (Lipinski definition) is 2. The van der Waals surface area contributed by atoms with Crippen molar-refractivity contribution in [3.63, 3.8) is 0 Å². The van der Waals surface area contributed by atoms with Gasteiger partial charge in [-0.1, -0.05) is 18.2 Å². The molecule has 0 unspecified atom stereocenters. The topological polar surface area (TPSA) is 68.2 Å². The fourth-order valence-electron chi connectivity index (χ4n) is 2.26.